The van der Waals surface area contributed by atoms with E-state index in [0.717, 1.165) is 18.5 Å². The Morgan fingerprint density at radius 2 is 2.18 bits per heavy atom. The molecule has 0 saturated heterocycles. The Morgan fingerprint density at radius 3 is 2.82 bits per heavy atom. The molecule has 2 aromatic rings. The van der Waals surface area contributed by atoms with Gasteiger partial charge in [-0.05, 0) is 37.1 Å². The first-order valence-electron chi connectivity index (χ1n) is 7.38. The fourth-order valence-corrected chi connectivity index (χ4v) is 3.16. The molecule has 1 aromatic heterocycles. The third kappa shape index (κ3) is 3.31. The van der Waals surface area contributed by atoms with E-state index < -0.39 is 5.60 Å². The summed E-state index contributed by atoms with van der Waals surface area (Å²) in [6.07, 6.45) is 6.95. The summed E-state index contributed by atoms with van der Waals surface area (Å²) in [6.45, 7) is 0. The number of hydrogen-bond acceptors (Lipinski definition) is 3. The van der Waals surface area contributed by atoms with Crippen molar-refractivity contribution in [2.45, 2.75) is 37.7 Å². The summed E-state index contributed by atoms with van der Waals surface area (Å²) in [5.74, 6) is -0.188. The molecule has 2 N–H and O–H groups in total. The first-order valence-corrected chi connectivity index (χ1v) is 7.75. The van der Waals surface area contributed by atoms with Gasteiger partial charge in [0.1, 0.15) is 0 Å². The molecule has 1 amide bonds. The third-order valence-corrected chi connectivity index (χ3v) is 4.31. The van der Waals surface area contributed by atoms with Crippen molar-refractivity contribution in [3.8, 4) is 5.69 Å². The third-order valence-electron chi connectivity index (χ3n) is 4.01. The molecule has 1 heterocycles. The number of aliphatic hydroxyl groups is 1. The van der Waals surface area contributed by atoms with Crippen LogP contribution in [0.1, 0.15) is 32.1 Å². The number of rotatable bonds is 4. The number of halogens is 1. The molecule has 1 aliphatic rings. The first kappa shape index (κ1) is 15.1. The molecule has 0 unspecified atom stereocenters. The predicted molar refractivity (Wildman–Crippen MR) is 85.2 cm³/mol. The molecule has 0 bridgehead atoms. The number of hydrogen-bond donors (Lipinski definition) is 2. The maximum Gasteiger partial charge on any atom is 0.227 e. The second-order valence-electron chi connectivity index (χ2n) is 5.77. The second kappa shape index (κ2) is 6.10. The molecule has 5 nitrogen and oxygen atoms in total. The van der Waals surface area contributed by atoms with Gasteiger partial charge in [-0.1, -0.05) is 24.4 Å². The van der Waals surface area contributed by atoms with Gasteiger partial charge in [-0.15, -0.1) is 0 Å². The molecule has 6 heteroatoms. The zero-order valence-corrected chi connectivity index (χ0v) is 12.9. The van der Waals surface area contributed by atoms with E-state index in [1.807, 2.05) is 6.07 Å². The molecule has 0 aliphatic heterocycles. The van der Waals surface area contributed by atoms with E-state index in [4.69, 9.17) is 11.6 Å². The molecular weight excluding hydrogens is 302 g/mol. The Labute approximate surface area is 133 Å². The number of carbonyl (C=O) groups excluding carboxylic acids is 1. The van der Waals surface area contributed by atoms with Gasteiger partial charge in [0.05, 0.1) is 22.7 Å². The fourth-order valence-electron chi connectivity index (χ4n) is 2.90. The van der Waals surface area contributed by atoms with Crippen molar-refractivity contribution in [1.82, 2.24) is 9.78 Å². The number of nitrogens with zero attached hydrogens (tertiary/aromatic N) is 2. The Bertz CT molecular complexity index is 664. The van der Waals surface area contributed by atoms with Gasteiger partial charge in [0, 0.05) is 18.1 Å². The van der Waals surface area contributed by atoms with Crippen molar-refractivity contribution >= 4 is 23.2 Å². The average molecular weight is 320 g/mol. The van der Waals surface area contributed by atoms with Crippen LogP contribution in [-0.4, -0.2) is 26.4 Å². The molecule has 1 aliphatic carbocycles. The number of benzene rings is 1. The van der Waals surface area contributed by atoms with E-state index >= 15 is 0 Å². The summed E-state index contributed by atoms with van der Waals surface area (Å²) in [4.78, 5) is 12.1. The summed E-state index contributed by atoms with van der Waals surface area (Å²) in [5, 5.41) is 17.7. The van der Waals surface area contributed by atoms with E-state index in [-0.39, 0.29) is 12.3 Å². The SMILES string of the molecule is O=C(CC1(O)CCCC1)Nc1ccc(-n2cccn2)c(Cl)c1. The Hall–Kier alpha value is -1.85. The van der Waals surface area contributed by atoms with Gasteiger partial charge >= 0.3 is 0 Å². The highest BCUT2D eigenvalue weighted by atomic mass is 35.5. The monoisotopic (exact) mass is 319 g/mol. The van der Waals surface area contributed by atoms with Crippen LogP contribution in [-0.2, 0) is 4.79 Å². The zero-order valence-electron chi connectivity index (χ0n) is 12.1. The van der Waals surface area contributed by atoms with E-state index in [9.17, 15) is 9.90 Å². The number of aromatic nitrogens is 2. The lowest BCUT2D eigenvalue weighted by atomic mass is 9.97. The van der Waals surface area contributed by atoms with Crippen LogP contribution in [0.25, 0.3) is 5.69 Å². The molecular formula is C16H18ClN3O2. The van der Waals surface area contributed by atoms with Crippen LogP contribution < -0.4 is 5.32 Å². The van der Waals surface area contributed by atoms with Crippen molar-refractivity contribution < 1.29 is 9.90 Å². The molecule has 1 saturated carbocycles. The van der Waals surface area contributed by atoms with Crippen LogP contribution in [0.2, 0.25) is 5.02 Å². The lowest BCUT2D eigenvalue weighted by Crippen LogP contribution is -2.30. The van der Waals surface area contributed by atoms with E-state index in [0.29, 0.717) is 23.6 Å². The lowest BCUT2D eigenvalue weighted by molar-refractivity contribution is -0.120. The highest BCUT2D eigenvalue weighted by Gasteiger charge is 2.33. The van der Waals surface area contributed by atoms with Gasteiger partial charge in [0.25, 0.3) is 0 Å². The quantitative estimate of drug-likeness (QED) is 0.909. The lowest BCUT2D eigenvalue weighted by Gasteiger charge is -2.21. The summed E-state index contributed by atoms with van der Waals surface area (Å²) in [7, 11) is 0. The highest BCUT2D eigenvalue weighted by Crippen LogP contribution is 2.32. The summed E-state index contributed by atoms with van der Waals surface area (Å²) in [6, 6.07) is 7.08. The van der Waals surface area contributed by atoms with Crippen LogP contribution >= 0.6 is 11.6 Å². The van der Waals surface area contributed by atoms with Crippen LogP contribution in [0.5, 0.6) is 0 Å². The molecule has 0 radical (unpaired) electrons. The topological polar surface area (TPSA) is 67.2 Å². The van der Waals surface area contributed by atoms with Gasteiger partial charge in [-0.3, -0.25) is 4.79 Å². The van der Waals surface area contributed by atoms with Gasteiger partial charge in [0.15, 0.2) is 0 Å². The van der Waals surface area contributed by atoms with E-state index in [2.05, 4.69) is 10.4 Å². The summed E-state index contributed by atoms with van der Waals surface area (Å²) >= 11 is 6.24. The smallest absolute Gasteiger partial charge is 0.227 e. The first-order chi connectivity index (χ1) is 10.6. The second-order valence-corrected chi connectivity index (χ2v) is 6.18. The minimum Gasteiger partial charge on any atom is -0.389 e. The molecule has 3 rings (SSSR count). The van der Waals surface area contributed by atoms with Crippen molar-refractivity contribution in [3.05, 3.63) is 41.7 Å². The maximum atomic E-state index is 12.1. The molecule has 0 spiro atoms. The molecule has 22 heavy (non-hydrogen) atoms. The fraction of sp³-hybridized carbons (Fsp3) is 0.375. The van der Waals surface area contributed by atoms with Crippen molar-refractivity contribution in [2.75, 3.05) is 5.32 Å². The number of carbonyl (C=O) groups is 1. The largest absolute Gasteiger partial charge is 0.389 e. The van der Waals surface area contributed by atoms with Crippen LogP contribution in [0.4, 0.5) is 5.69 Å². The highest BCUT2D eigenvalue weighted by molar-refractivity contribution is 6.32. The van der Waals surface area contributed by atoms with Gasteiger partial charge in [0.2, 0.25) is 5.91 Å². The predicted octanol–water partition coefficient (Wildman–Crippen LogP) is 3.16. The van der Waals surface area contributed by atoms with E-state index in [1.54, 1.807) is 35.3 Å². The summed E-state index contributed by atoms with van der Waals surface area (Å²) < 4.78 is 1.66. The van der Waals surface area contributed by atoms with Crippen LogP contribution in [0.3, 0.4) is 0 Å². The summed E-state index contributed by atoms with van der Waals surface area (Å²) in [5.41, 5.74) is 0.523. The number of nitrogens with one attached hydrogen (secondary N) is 1. The molecule has 116 valence electrons. The minimum absolute atomic E-state index is 0.130. The van der Waals surface area contributed by atoms with Crippen molar-refractivity contribution in [2.24, 2.45) is 0 Å². The van der Waals surface area contributed by atoms with Gasteiger partial charge in [-0.25, -0.2) is 4.68 Å². The van der Waals surface area contributed by atoms with Crippen molar-refractivity contribution in [3.63, 3.8) is 0 Å². The Balaban J connectivity index is 1.68. The molecule has 0 atom stereocenters. The number of amides is 1. The minimum atomic E-state index is -0.844. The van der Waals surface area contributed by atoms with Gasteiger partial charge < -0.3 is 10.4 Å². The Kier molecular flexibility index (Phi) is 4.18. The maximum absolute atomic E-state index is 12.1. The normalized spacial score (nSPS) is 16.6. The van der Waals surface area contributed by atoms with Crippen molar-refractivity contribution in [1.29, 1.82) is 0 Å². The zero-order chi connectivity index (χ0) is 15.6. The molecule has 1 aromatic carbocycles. The number of anilines is 1. The van der Waals surface area contributed by atoms with E-state index in [1.165, 1.54) is 0 Å². The average Bonchev–Trinajstić information content (AvgIpc) is 3.10. The standard InChI is InChI=1S/C16H18ClN3O2/c17-13-10-12(4-5-14(13)20-9-3-8-18-20)19-15(21)11-16(22)6-1-2-7-16/h3-5,8-10,22H,1-2,6-7,11H2,(H,19,21). The van der Waals surface area contributed by atoms with Gasteiger partial charge in [-0.2, -0.15) is 5.10 Å². The van der Waals surface area contributed by atoms with Crippen LogP contribution in [0.15, 0.2) is 36.7 Å². The van der Waals surface area contributed by atoms with Crippen LogP contribution in [0, 0.1) is 0 Å². The Morgan fingerprint density at radius 1 is 1.41 bits per heavy atom. The molecule has 1 fully saturated rings.